The average molecular weight is 356 g/mol. The van der Waals surface area contributed by atoms with Crippen molar-refractivity contribution in [3.8, 4) is 0 Å². The molecule has 1 aromatic rings. The third-order valence-electron chi connectivity index (χ3n) is 5.03. The summed E-state index contributed by atoms with van der Waals surface area (Å²) in [7, 11) is 0. The van der Waals surface area contributed by atoms with E-state index in [4.69, 9.17) is 9.73 Å². The number of carbonyl (C=O) groups excluding carboxylic acids is 2. The van der Waals surface area contributed by atoms with Crippen molar-refractivity contribution in [1.29, 1.82) is 0 Å². The number of ether oxygens (including phenoxy) is 1. The smallest absolute Gasteiger partial charge is 0.417 e. The molecule has 0 saturated heterocycles. The van der Waals surface area contributed by atoms with Gasteiger partial charge in [-0.2, -0.15) is 0 Å². The summed E-state index contributed by atoms with van der Waals surface area (Å²) in [6.07, 6.45) is 0.0923. The van der Waals surface area contributed by atoms with Crippen LogP contribution in [0.25, 0.3) is 0 Å². The van der Waals surface area contributed by atoms with Crippen molar-refractivity contribution in [2.75, 3.05) is 0 Å². The maximum atomic E-state index is 13.3. The highest BCUT2D eigenvalue weighted by Gasteiger charge is 2.64. The molecule has 0 aromatic heterocycles. The molecule has 1 fully saturated rings. The Kier molecular flexibility index (Phi) is 4.45. The first-order chi connectivity index (χ1) is 12.1. The molecule has 1 saturated carbocycles. The van der Waals surface area contributed by atoms with Gasteiger partial charge in [0.15, 0.2) is 0 Å². The fourth-order valence-corrected chi connectivity index (χ4v) is 3.61. The second kappa shape index (κ2) is 6.22. The maximum Gasteiger partial charge on any atom is 0.417 e. The van der Waals surface area contributed by atoms with Gasteiger partial charge in [-0.15, -0.1) is 0 Å². The van der Waals surface area contributed by atoms with E-state index < -0.39 is 23.3 Å². The van der Waals surface area contributed by atoms with Gasteiger partial charge in [-0.1, -0.05) is 51.1 Å². The molecule has 1 spiro atoms. The molecule has 0 N–H and O–H groups in total. The fourth-order valence-electron chi connectivity index (χ4n) is 3.61. The Morgan fingerprint density at radius 2 is 1.85 bits per heavy atom. The van der Waals surface area contributed by atoms with Crippen LogP contribution in [-0.2, 0) is 9.53 Å². The van der Waals surface area contributed by atoms with Crippen LogP contribution in [0, 0.1) is 11.8 Å². The monoisotopic (exact) mass is 356 g/mol. The standard InChI is InChI=1S/C21H28N2O3/c1-13(2)17-16(15-10-8-7-9-11-15)22-21(12-14(21)3)18(24)23(17)19(25)26-20(4,5)6/h7-11,13-14,17H,12H2,1-6H3/t14-,17+,21+/m1/s1. The predicted molar refractivity (Wildman–Crippen MR) is 101 cm³/mol. The lowest BCUT2D eigenvalue weighted by atomic mass is 9.89. The van der Waals surface area contributed by atoms with Crippen LogP contribution in [0.4, 0.5) is 4.79 Å². The Balaban J connectivity index is 2.11. The van der Waals surface area contributed by atoms with E-state index in [1.54, 1.807) is 0 Å². The molecule has 3 atom stereocenters. The van der Waals surface area contributed by atoms with E-state index in [1.807, 2.05) is 71.9 Å². The first kappa shape index (κ1) is 18.6. The van der Waals surface area contributed by atoms with Crippen LogP contribution in [0.2, 0.25) is 0 Å². The summed E-state index contributed by atoms with van der Waals surface area (Å²) in [5, 5.41) is 0. The van der Waals surface area contributed by atoms with Crippen LogP contribution >= 0.6 is 0 Å². The summed E-state index contributed by atoms with van der Waals surface area (Å²) >= 11 is 0. The molecule has 0 unspecified atom stereocenters. The van der Waals surface area contributed by atoms with Crippen molar-refractivity contribution in [3.63, 3.8) is 0 Å². The molecule has 140 valence electrons. The number of aliphatic imine (C=N–C) groups is 1. The zero-order valence-corrected chi connectivity index (χ0v) is 16.4. The molecule has 1 aromatic carbocycles. The van der Waals surface area contributed by atoms with Gasteiger partial charge < -0.3 is 4.74 Å². The van der Waals surface area contributed by atoms with Crippen molar-refractivity contribution in [2.45, 2.75) is 65.1 Å². The van der Waals surface area contributed by atoms with Gasteiger partial charge in [0.2, 0.25) is 0 Å². The number of hydrogen-bond acceptors (Lipinski definition) is 4. The van der Waals surface area contributed by atoms with Crippen molar-refractivity contribution >= 4 is 17.7 Å². The van der Waals surface area contributed by atoms with E-state index in [0.29, 0.717) is 6.42 Å². The van der Waals surface area contributed by atoms with Crippen LogP contribution in [-0.4, -0.2) is 39.8 Å². The van der Waals surface area contributed by atoms with Crippen molar-refractivity contribution in [1.82, 2.24) is 4.90 Å². The Hall–Kier alpha value is -2.17. The highest BCUT2D eigenvalue weighted by Crippen LogP contribution is 2.51. The highest BCUT2D eigenvalue weighted by atomic mass is 16.6. The molecule has 5 nitrogen and oxygen atoms in total. The van der Waals surface area contributed by atoms with Gasteiger partial charge >= 0.3 is 6.09 Å². The number of amides is 2. The quantitative estimate of drug-likeness (QED) is 0.803. The molecule has 2 amide bonds. The zero-order valence-electron chi connectivity index (χ0n) is 16.4. The van der Waals surface area contributed by atoms with Gasteiger partial charge in [-0.25, -0.2) is 9.69 Å². The van der Waals surface area contributed by atoms with Crippen molar-refractivity contribution in [3.05, 3.63) is 35.9 Å². The van der Waals surface area contributed by atoms with Gasteiger partial charge in [0.25, 0.3) is 5.91 Å². The molecule has 26 heavy (non-hydrogen) atoms. The Bertz CT molecular complexity index is 748. The van der Waals surface area contributed by atoms with Gasteiger partial charge in [0, 0.05) is 0 Å². The molecule has 5 heteroatoms. The number of nitrogens with zero attached hydrogens (tertiary/aromatic N) is 2. The third kappa shape index (κ3) is 3.15. The molecule has 0 bridgehead atoms. The number of benzene rings is 1. The Labute approximate surface area is 155 Å². The third-order valence-corrected chi connectivity index (χ3v) is 5.03. The lowest BCUT2D eigenvalue weighted by Gasteiger charge is -2.40. The molecule has 0 radical (unpaired) electrons. The van der Waals surface area contributed by atoms with Crippen molar-refractivity contribution < 1.29 is 14.3 Å². The summed E-state index contributed by atoms with van der Waals surface area (Å²) in [6, 6.07) is 9.39. The van der Waals surface area contributed by atoms with E-state index in [2.05, 4.69) is 0 Å². The average Bonchev–Trinajstić information content (AvgIpc) is 3.18. The lowest BCUT2D eigenvalue weighted by molar-refractivity contribution is -0.135. The number of imide groups is 1. The molecule has 1 heterocycles. The van der Waals surface area contributed by atoms with Crippen LogP contribution in [0.15, 0.2) is 35.3 Å². The normalized spacial score (nSPS) is 28.3. The second-order valence-corrected chi connectivity index (χ2v) is 8.74. The van der Waals surface area contributed by atoms with E-state index in [0.717, 1.165) is 11.3 Å². The minimum atomic E-state index is -0.812. The maximum absolute atomic E-state index is 13.3. The SMILES string of the molecule is CC(C)[C@H]1C(c2ccccc2)=N[C@]2(C[C@H]2C)C(=O)N1C(=O)OC(C)(C)C. The second-order valence-electron chi connectivity index (χ2n) is 8.74. The summed E-state index contributed by atoms with van der Waals surface area (Å²) in [5.41, 5.74) is 0.275. The molecular weight excluding hydrogens is 328 g/mol. The van der Waals surface area contributed by atoms with Gasteiger partial charge in [0.05, 0.1) is 11.8 Å². The number of hydrogen-bond donors (Lipinski definition) is 0. The largest absolute Gasteiger partial charge is 0.443 e. The minimum absolute atomic E-state index is 0.0248. The summed E-state index contributed by atoms with van der Waals surface area (Å²) in [6.45, 7) is 11.4. The lowest BCUT2D eigenvalue weighted by Crippen LogP contribution is -2.60. The van der Waals surface area contributed by atoms with E-state index in [9.17, 15) is 9.59 Å². The molecule has 3 rings (SSSR count). The molecule has 1 aliphatic heterocycles. The first-order valence-corrected chi connectivity index (χ1v) is 9.28. The Morgan fingerprint density at radius 1 is 1.27 bits per heavy atom. The van der Waals surface area contributed by atoms with Crippen molar-refractivity contribution in [2.24, 2.45) is 16.8 Å². The van der Waals surface area contributed by atoms with E-state index in [-0.39, 0.29) is 17.7 Å². The molecule has 2 aliphatic rings. The Morgan fingerprint density at radius 3 is 2.31 bits per heavy atom. The van der Waals surface area contributed by atoms with Crippen LogP contribution in [0.5, 0.6) is 0 Å². The first-order valence-electron chi connectivity index (χ1n) is 9.28. The van der Waals surface area contributed by atoms with Gasteiger partial charge in [-0.3, -0.25) is 9.79 Å². The zero-order chi connectivity index (χ0) is 19.3. The van der Waals surface area contributed by atoms with Gasteiger partial charge in [-0.05, 0) is 44.6 Å². The molecule has 1 aliphatic carbocycles. The predicted octanol–water partition coefficient (Wildman–Crippen LogP) is 4.06. The summed E-state index contributed by atoms with van der Waals surface area (Å²) in [4.78, 5) is 32.5. The van der Waals surface area contributed by atoms with E-state index in [1.165, 1.54) is 4.90 Å². The number of carbonyl (C=O) groups is 2. The number of rotatable bonds is 2. The minimum Gasteiger partial charge on any atom is -0.443 e. The highest BCUT2D eigenvalue weighted by molar-refractivity contribution is 6.15. The molecular formula is C21H28N2O3. The fraction of sp³-hybridized carbons (Fsp3) is 0.571. The van der Waals surface area contributed by atoms with Gasteiger partial charge in [0.1, 0.15) is 11.1 Å². The van der Waals surface area contributed by atoms with E-state index >= 15 is 0 Å². The summed E-state index contributed by atoms with van der Waals surface area (Å²) in [5.74, 6) is -0.0683. The van der Waals surface area contributed by atoms with Crippen LogP contribution in [0.3, 0.4) is 0 Å². The van der Waals surface area contributed by atoms with Crippen LogP contribution < -0.4 is 0 Å². The van der Waals surface area contributed by atoms with Crippen LogP contribution in [0.1, 0.15) is 53.5 Å². The topological polar surface area (TPSA) is 59.0 Å². The summed E-state index contributed by atoms with van der Waals surface area (Å²) < 4.78 is 5.58.